The van der Waals surface area contributed by atoms with Crippen LogP contribution in [-0.4, -0.2) is 31.2 Å². The van der Waals surface area contributed by atoms with Gasteiger partial charge in [0.1, 0.15) is 5.82 Å². The van der Waals surface area contributed by atoms with Gasteiger partial charge < -0.3 is 5.32 Å². The summed E-state index contributed by atoms with van der Waals surface area (Å²) in [5.41, 5.74) is 2.98. The van der Waals surface area contributed by atoms with Crippen molar-refractivity contribution in [3.63, 3.8) is 0 Å². The Hall–Kier alpha value is -1.76. The minimum absolute atomic E-state index is 0.0151. The van der Waals surface area contributed by atoms with Gasteiger partial charge in [-0.2, -0.15) is 10.2 Å². The maximum atomic E-state index is 12.1. The monoisotopic (exact) mass is 319 g/mol. The van der Waals surface area contributed by atoms with Crippen LogP contribution in [0.1, 0.15) is 42.8 Å². The Bertz CT molecular complexity index is 725. The number of aromatic nitrogens is 4. The molecule has 1 N–H and O–H groups in total. The van der Waals surface area contributed by atoms with Crippen LogP contribution in [0, 0.1) is 6.92 Å². The lowest BCUT2D eigenvalue weighted by Crippen LogP contribution is -2.27. The molecule has 0 fully saturated rings. The van der Waals surface area contributed by atoms with Crippen LogP contribution in [0.25, 0.3) is 0 Å². The summed E-state index contributed by atoms with van der Waals surface area (Å²) in [5, 5.41) is 12.0. The van der Waals surface area contributed by atoms with Crippen molar-refractivity contribution in [1.29, 1.82) is 0 Å². The first kappa shape index (κ1) is 15.1. The standard InChI is InChI=1S/C15H21N5OS/c1-9-11(7-19(5)18-9)13-10-6-16-20(15(2,3)4)14(10)17-12(21)8-22-13/h6-7,13H,8H2,1-5H3,(H,17,21)/t13-/m0/s1. The van der Waals surface area contributed by atoms with E-state index in [1.165, 1.54) is 0 Å². The number of amides is 1. The third kappa shape index (κ3) is 2.54. The topological polar surface area (TPSA) is 64.7 Å². The van der Waals surface area contributed by atoms with Gasteiger partial charge in [-0.25, -0.2) is 4.68 Å². The summed E-state index contributed by atoms with van der Waals surface area (Å²) in [7, 11) is 1.92. The zero-order valence-corrected chi connectivity index (χ0v) is 14.4. The second-order valence-electron chi connectivity index (χ2n) is 6.61. The Morgan fingerprint density at radius 2 is 2.09 bits per heavy atom. The van der Waals surface area contributed by atoms with Crippen molar-refractivity contribution >= 4 is 23.5 Å². The lowest BCUT2D eigenvalue weighted by atomic mass is 10.1. The molecule has 118 valence electrons. The van der Waals surface area contributed by atoms with Gasteiger partial charge in [0.2, 0.25) is 5.91 Å². The van der Waals surface area contributed by atoms with Crippen LogP contribution in [0.15, 0.2) is 12.4 Å². The minimum atomic E-state index is -0.190. The quantitative estimate of drug-likeness (QED) is 0.877. The molecular weight excluding hydrogens is 298 g/mol. The van der Waals surface area contributed by atoms with Crippen molar-refractivity contribution in [2.75, 3.05) is 11.1 Å². The fourth-order valence-corrected chi connectivity index (χ4v) is 3.89. The molecular formula is C15H21N5OS. The Labute approximate surface area is 134 Å². The van der Waals surface area contributed by atoms with Gasteiger partial charge in [-0.15, -0.1) is 11.8 Å². The molecule has 2 aromatic rings. The highest BCUT2D eigenvalue weighted by Gasteiger charge is 2.32. The molecule has 7 heteroatoms. The number of anilines is 1. The smallest absolute Gasteiger partial charge is 0.235 e. The van der Waals surface area contributed by atoms with E-state index < -0.39 is 0 Å². The fraction of sp³-hybridized carbons (Fsp3) is 0.533. The van der Waals surface area contributed by atoms with Crippen molar-refractivity contribution in [2.45, 2.75) is 38.5 Å². The average Bonchev–Trinajstić information content (AvgIpc) is 2.90. The normalized spacial score (nSPS) is 18.8. The van der Waals surface area contributed by atoms with Crippen molar-refractivity contribution < 1.29 is 4.79 Å². The summed E-state index contributed by atoms with van der Waals surface area (Å²) < 4.78 is 3.71. The van der Waals surface area contributed by atoms with E-state index in [0.717, 1.165) is 22.6 Å². The highest BCUT2D eigenvalue weighted by atomic mass is 32.2. The van der Waals surface area contributed by atoms with Crippen molar-refractivity contribution in [3.05, 3.63) is 29.2 Å². The minimum Gasteiger partial charge on any atom is -0.310 e. The third-order valence-electron chi connectivity index (χ3n) is 3.69. The van der Waals surface area contributed by atoms with E-state index in [1.54, 1.807) is 11.8 Å². The lowest BCUT2D eigenvalue weighted by molar-refractivity contribution is -0.113. The number of carbonyl (C=O) groups excluding carboxylic acids is 1. The zero-order chi connectivity index (χ0) is 16.1. The maximum absolute atomic E-state index is 12.1. The van der Waals surface area contributed by atoms with Gasteiger partial charge in [0.25, 0.3) is 0 Å². The molecule has 3 heterocycles. The van der Waals surface area contributed by atoms with E-state index >= 15 is 0 Å². The zero-order valence-electron chi connectivity index (χ0n) is 13.5. The number of hydrogen-bond acceptors (Lipinski definition) is 4. The van der Waals surface area contributed by atoms with Crippen LogP contribution in [0.4, 0.5) is 5.82 Å². The largest absolute Gasteiger partial charge is 0.310 e. The predicted octanol–water partition coefficient (Wildman–Crippen LogP) is 2.45. The van der Waals surface area contributed by atoms with Crippen LogP contribution in [0.3, 0.4) is 0 Å². The number of hydrogen-bond donors (Lipinski definition) is 1. The first-order chi connectivity index (χ1) is 10.3. The van der Waals surface area contributed by atoms with Crippen LogP contribution in [-0.2, 0) is 17.4 Å². The number of carbonyl (C=O) groups is 1. The molecule has 0 aliphatic carbocycles. The summed E-state index contributed by atoms with van der Waals surface area (Å²) >= 11 is 1.62. The number of thioether (sulfide) groups is 1. The fourth-order valence-electron chi connectivity index (χ4n) is 2.74. The molecule has 1 atom stereocenters. The molecule has 0 saturated carbocycles. The first-order valence-electron chi connectivity index (χ1n) is 7.27. The second kappa shape index (κ2) is 5.15. The average molecular weight is 319 g/mol. The van der Waals surface area contributed by atoms with Gasteiger partial charge in [-0.05, 0) is 27.7 Å². The van der Waals surface area contributed by atoms with Crippen LogP contribution in [0.5, 0.6) is 0 Å². The molecule has 0 spiro atoms. The molecule has 1 aliphatic rings. The van der Waals surface area contributed by atoms with E-state index in [2.05, 4.69) is 36.3 Å². The molecule has 1 aliphatic heterocycles. The van der Waals surface area contributed by atoms with Crippen molar-refractivity contribution in [3.8, 4) is 0 Å². The highest BCUT2D eigenvalue weighted by Crippen LogP contribution is 2.43. The molecule has 22 heavy (non-hydrogen) atoms. The highest BCUT2D eigenvalue weighted by molar-refractivity contribution is 8.00. The van der Waals surface area contributed by atoms with E-state index in [-0.39, 0.29) is 16.7 Å². The van der Waals surface area contributed by atoms with Gasteiger partial charge >= 0.3 is 0 Å². The summed E-state index contributed by atoms with van der Waals surface area (Å²) in [6.07, 6.45) is 3.90. The number of nitrogens with one attached hydrogen (secondary N) is 1. The molecule has 3 rings (SSSR count). The van der Waals surface area contributed by atoms with Crippen LogP contribution in [0.2, 0.25) is 0 Å². The van der Waals surface area contributed by atoms with Gasteiger partial charge in [0, 0.05) is 24.4 Å². The molecule has 0 unspecified atom stereocenters. The Morgan fingerprint density at radius 3 is 2.68 bits per heavy atom. The Balaban J connectivity index is 2.14. The van der Waals surface area contributed by atoms with E-state index in [9.17, 15) is 4.79 Å². The van der Waals surface area contributed by atoms with E-state index in [0.29, 0.717) is 5.75 Å². The maximum Gasteiger partial charge on any atom is 0.235 e. The second-order valence-corrected chi connectivity index (χ2v) is 7.71. The van der Waals surface area contributed by atoms with Gasteiger partial charge in [0.05, 0.1) is 28.4 Å². The molecule has 6 nitrogen and oxygen atoms in total. The summed E-state index contributed by atoms with van der Waals surface area (Å²) in [6.45, 7) is 8.24. The van der Waals surface area contributed by atoms with E-state index in [1.807, 2.05) is 35.7 Å². The third-order valence-corrected chi connectivity index (χ3v) is 4.96. The molecule has 0 bridgehead atoms. The van der Waals surface area contributed by atoms with Gasteiger partial charge in [-0.1, -0.05) is 0 Å². The van der Waals surface area contributed by atoms with Gasteiger partial charge in [-0.3, -0.25) is 9.48 Å². The Kier molecular flexibility index (Phi) is 3.55. The Morgan fingerprint density at radius 1 is 1.36 bits per heavy atom. The van der Waals surface area contributed by atoms with Crippen molar-refractivity contribution in [2.24, 2.45) is 7.05 Å². The number of nitrogens with zero attached hydrogens (tertiary/aromatic N) is 4. The van der Waals surface area contributed by atoms with E-state index in [4.69, 9.17) is 0 Å². The predicted molar refractivity (Wildman–Crippen MR) is 88.1 cm³/mol. The summed E-state index contributed by atoms with van der Waals surface area (Å²) in [5.74, 6) is 1.25. The number of rotatable bonds is 1. The number of fused-ring (bicyclic) bond motifs is 1. The molecule has 2 aromatic heterocycles. The lowest BCUT2D eigenvalue weighted by Gasteiger charge is -2.23. The first-order valence-corrected chi connectivity index (χ1v) is 8.32. The number of aryl methyl sites for hydroxylation is 2. The molecule has 1 amide bonds. The summed E-state index contributed by atoms with van der Waals surface area (Å²) in [6, 6.07) is 0. The summed E-state index contributed by atoms with van der Waals surface area (Å²) in [4.78, 5) is 12.1. The molecule has 0 radical (unpaired) electrons. The molecule has 0 saturated heterocycles. The van der Waals surface area contributed by atoms with Crippen molar-refractivity contribution in [1.82, 2.24) is 19.6 Å². The van der Waals surface area contributed by atoms with Crippen LogP contribution >= 0.6 is 11.8 Å². The molecule has 0 aromatic carbocycles. The van der Waals surface area contributed by atoms with Gasteiger partial charge in [0.15, 0.2) is 0 Å². The SMILES string of the molecule is Cc1nn(C)cc1[C@H]1SCC(=O)Nc2c1cnn2C(C)(C)C. The van der Waals surface area contributed by atoms with Crippen LogP contribution < -0.4 is 5.32 Å².